The highest BCUT2D eigenvalue weighted by Crippen LogP contribution is 2.19. The molecule has 0 saturated carbocycles. The van der Waals surface area contributed by atoms with E-state index in [1.807, 2.05) is 6.07 Å². The van der Waals surface area contributed by atoms with Crippen molar-refractivity contribution < 1.29 is 15.0 Å². The third-order valence-electron chi connectivity index (χ3n) is 3.58. The molecule has 4 heteroatoms. The smallest absolute Gasteiger partial charge is 0.335 e. The summed E-state index contributed by atoms with van der Waals surface area (Å²) in [6.07, 6.45) is 0.709. The Bertz CT molecular complexity index is 433. The number of rotatable bonds is 3. The van der Waals surface area contributed by atoms with Crippen LogP contribution >= 0.6 is 0 Å². The van der Waals surface area contributed by atoms with Gasteiger partial charge in [-0.2, -0.15) is 0 Å². The van der Waals surface area contributed by atoms with Crippen molar-refractivity contribution in [2.24, 2.45) is 5.92 Å². The Labute approximate surface area is 107 Å². The lowest BCUT2D eigenvalue weighted by Crippen LogP contribution is -2.42. The molecule has 1 aliphatic rings. The number of likely N-dealkylation sites (tertiary alicyclic amines) is 1. The summed E-state index contributed by atoms with van der Waals surface area (Å²) in [5.41, 5.74) is 1.30. The molecule has 1 saturated heterocycles. The molecule has 98 valence electrons. The molecule has 0 spiro atoms. The van der Waals surface area contributed by atoms with Crippen LogP contribution in [0.25, 0.3) is 0 Å². The Morgan fingerprint density at radius 1 is 1.50 bits per heavy atom. The van der Waals surface area contributed by atoms with E-state index in [0.29, 0.717) is 24.6 Å². The maximum Gasteiger partial charge on any atom is 0.335 e. The number of carboxylic acids is 1. The molecule has 0 aromatic heterocycles. The average molecular weight is 249 g/mol. The van der Waals surface area contributed by atoms with E-state index in [0.717, 1.165) is 18.5 Å². The molecule has 2 unspecified atom stereocenters. The lowest BCUT2D eigenvalue weighted by molar-refractivity contribution is 0.0259. The van der Waals surface area contributed by atoms with Crippen LogP contribution in [0.2, 0.25) is 0 Å². The summed E-state index contributed by atoms with van der Waals surface area (Å²) < 4.78 is 0. The van der Waals surface area contributed by atoms with Gasteiger partial charge in [0.05, 0.1) is 11.7 Å². The molecule has 2 rings (SSSR count). The summed E-state index contributed by atoms with van der Waals surface area (Å²) in [6, 6.07) is 6.99. The SMILES string of the molecule is CC1CCN(Cc2cccc(C(=O)O)c2)CC1O. The zero-order valence-electron chi connectivity index (χ0n) is 10.5. The van der Waals surface area contributed by atoms with E-state index in [1.54, 1.807) is 18.2 Å². The van der Waals surface area contributed by atoms with Crippen LogP contribution in [-0.4, -0.2) is 40.3 Å². The second kappa shape index (κ2) is 5.50. The van der Waals surface area contributed by atoms with Crippen molar-refractivity contribution in [2.75, 3.05) is 13.1 Å². The van der Waals surface area contributed by atoms with E-state index < -0.39 is 5.97 Å². The highest BCUT2D eigenvalue weighted by Gasteiger charge is 2.24. The molecular weight excluding hydrogens is 230 g/mol. The molecule has 0 radical (unpaired) electrons. The second-order valence-electron chi connectivity index (χ2n) is 5.07. The number of piperidine rings is 1. The van der Waals surface area contributed by atoms with E-state index in [2.05, 4.69) is 11.8 Å². The van der Waals surface area contributed by atoms with Crippen LogP contribution in [0, 0.1) is 5.92 Å². The maximum atomic E-state index is 10.9. The van der Waals surface area contributed by atoms with Gasteiger partial charge in [-0.25, -0.2) is 4.79 Å². The summed E-state index contributed by atoms with van der Waals surface area (Å²) in [6.45, 7) is 4.38. The molecule has 1 heterocycles. The van der Waals surface area contributed by atoms with Crippen LogP contribution in [0.1, 0.15) is 29.3 Å². The number of carboxylic acid groups (broad SMARTS) is 1. The van der Waals surface area contributed by atoms with E-state index in [1.165, 1.54) is 0 Å². The van der Waals surface area contributed by atoms with Crippen molar-refractivity contribution in [1.82, 2.24) is 4.90 Å². The van der Waals surface area contributed by atoms with Gasteiger partial charge in [-0.3, -0.25) is 4.90 Å². The topological polar surface area (TPSA) is 60.8 Å². The van der Waals surface area contributed by atoms with Crippen molar-refractivity contribution in [3.8, 4) is 0 Å². The van der Waals surface area contributed by atoms with E-state index in [9.17, 15) is 9.90 Å². The summed E-state index contributed by atoms with van der Waals surface area (Å²) in [5, 5.41) is 18.8. The van der Waals surface area contributed by atoms with Crippen LogP contribution < -0.4 is 0 Å². The minimum absolute atomic E-state index is 0.276. The Hall–Kier alpha value is -1.39. The van der Waals surface area contributed by atoms with E-state index in [-0.39, 0.29) is 6.10 Å². The molecule has 18 heavy (non-hydrogen) atoms. The largest absolute Gasteiger partial charge is 0.478 e. The van der Waals surface area contributed by atoms with Gasteiger partial charge in [-0.15, -0.1) is 0 Å². The molecule has 2 atom stereocenters. The summed E-state index contributed by atoms with van der Waals surface area (Å²) in [4.78, 5) is 13.1. The zero-order valence-corrected chi connectivity index (χ0v) is 10.5. The van der Waals surface area contributed by atoms with Crippen LogP contribution in [0.15, 0.2) is 24.3 Å². The fourth-order valence-electron chi connectivity index (χ4n) is 2.32. The van der Waals surface area contributed by atoms with Gasteiger partial charge in [0.2, 0.25) is 0 Å². The third kappa shape index (κ3) is 3.09. The molecule has 1 aromatic rings. The molecule has 1 fully saturated rings. The maximum absolute atomic E-state index is 10.9. The Morgan fingerprint density at radius 2 is 2.28 bits per heavy atom. The number of carbonyl (C=O) groups is 1. The fourth-order valence-corrected chi connectivity index (χ4v) is 2.32. The lowest BCUT2D eigenvalue weighted by Gasteiger charge is -2.34. The standard InChI is InChI=1S/C14H19NO3/c1-10-5-6-15(9-13(10)16)8-11-3-2-4-12(7-11)14(17)18/h2-4,7,10,13,16H,5-6,8-9H2,1H3,(H,17,18). The fraction of sp³-hybridized carbons (Fsp3) is 0.500. The number of aromatic carboxylic acids is 1. The van der Waals surface area contributed by atoms with Gasteiger partial charge in [-0.05, 0) is 36.6 Å². The van der Waals surface area contributed by atoms with Gasteiger partial charge in [-0.1, -0.05) is 19.1 Å². The van der Waals surface area contributed by atoms with Crippen molar-refractivity contribution in [3.63, 3.8) is 0 Å². The monoisotopic (exact) mass is 249 g/mol. The molecule has 1 aromatic carbocycles. The quantitative estimate of drug-likeness (QED) is 0.854. The Kier molecular flexibility index (Phi) is 3.99. The minimum Gasteiger partial charge on any atom is -0.478 e. The molecule has 0 bridgehead atoms. The number of aliphatic hydroxyl groups is 1. The summed E-state index contributed by atoms with van der Waals surface area (Å²) >= 11 is 0. The zero-order chi connectivity index (χ0) is 13.1. The van der Waals surface area contributed by atoms with E-state index >= 15 is 0 Å². The molecule has 0 aliphatic carbocycles. The predicted octanol–water partition coefficient (Wildman–Crippen LogP) is 1.59. The van der Waals surface area contributed by atoms with Gasteiger partial charge in [0.1, 0.15) is 0 Å². The van der Waals surface area contributed by atoms with E-state index in [4.69, 9.17) is 5.11 Å². The number of benzene rings is 1. The summed E-state index contributed by atoms with van der Waals surface area (Å²) in [5.74, 6) is -0.546. The molecule has 1 aliphatic heterocycles. The minimum atomic E-state index is -0.899. The number of hydrogen-bond acceptors (Lipinski definition) is 3. The molecule has 4 nitrogen and oxygen atoms in total. The first-order valence-corrected chi connectivity index (χ1v) is 6.29. The van der Waals surface area contributed by atoms with Crippen LogP contribution in [0.4, 0.5) is 0 Å². The van der Waals surface area contributed by atoms with Gasteiger partial charge in [0, 0.05) is 13.1 Å². The van der Waals surface area contributed by atoms with Gasteiger partial charge >= 0.3 is 5.97 Å². The Balaban J connectivity index is 2.01. The highest BCUT2D eigenvalue weighted by atomic mass is 16.4. The number of nitrogens with zero attached hydrogens (tertiary/aromatic N) is 1. The van der Waals surface area contributed by atoms with Crippen LogP contribution in [-0.2, 0) is 6.54 Å². The lowest BCUT2D eigenvalue weighted by atomic mass is 9.95. The molecule has 0 amide bonds. The van der Waals surface area contributed by atoms with Crippen molar-refractivity contribution in [3.05, 3.63) is 35.4 Å². The average Bonchev–Trinajstić information content (AvgIpc) is 2.34. The van der Waals surface area contributed by atoms with Gasteiger partial charge < -0.3 is 10.2 Å². The van der Waals surface area contributed by atoms with Crippen LogP contribution in [0.5, 0.6) is 0 Å². The van der Waals surface area contributed by atoms with Crippen molar-refractivity contribution in [1.29, 1.82) is 0 Å². The van der Waals surface area contributed by atoms with Crippen molar-refractivity contribution in [2.45, 2.75) is 26.0 Å². The highest BCUT2D eigenvalue weighted by molar-refractivity contribution is 5.87. The van der Waals surface area contributed by atoms with Gasteiger partial charge in [0.25, 0.3) is 0 Å². The predicted molar refractivity (Wildman–Crippen MR) is 68.5 cm³/mol. The normalized spacial score (nSPS) is 25.0. The molecule has 2 N–H and O–H groups in total. The van der Waals surface area contributed by atoms with Crippen molar-refractivity contribution >= 4 is 5.97 Å². The number of aliphatic hydroxyl groups excluding tert-OH is 1. The first-order valence-electron chi connectivity index (χ1n) is 6.29. The van der Waals surface area contributed by atoms with Crippen LogP contribution in [0.3, 0.4) is 0 Å². The summed E-state index contributed by atoms with van der Waals surface area (Å²) in [7, 11) is 0. The first kappa shape index (κ1) is 13.1. The second-order valence-corrected chi connectivity index (χ2v) is 5.07. The number of β-amino-alcohol motifs (C(OH)–C–C–N with tert-alkyl or cyclic N) is 1. The first-order chi connectivity index (χ1) is 8.56. The molecular formula is C14H19NO3. The van der Waals surface area contributed by atoms with Gasteiger partial charge in [0.15, 0.2) is 0 Å². The Morgan fingerprint density at radius 3 is 2.94 bits per heavy atom. The third-order valence-corrected chi connectivity index (χ3v) is 3.58. The number of hydrogen-bond donors (Lipinski definition) is 2.